The summed E-state index contributed by atoms with van der Waals surface area (Å²) < 4.78 is 0. The van der Waals surface area contributed by atoms with E-state index in [9.17, 15) is 4.79 Å². The topological polar surface area (TPSA) is 44.4 Å². The number of piperidine rings is 1. The Hall–Kier alpha value is -0.610. The molecule has 0 aromatic rings. The molecule has 0 aromatic carbocycles. The zero-order valence-electron chi connectivity index (χ0n) is 11.5. The summed E-state index contributed by atoms with van der Waals surface area (Å²) in [6, 6.07) is 0.0232. The van der Waals surface area contributed by atoms with Gasteiger partial charge >= 0.3 is 0 Å². The van der Waals surface area contributed by atoms with Crippen molar-refractivity contribution in [2.75, 3.05) is 32.7 Å². The van der Waals surface area contributed by atoms with Gasteiger partial charge in [-0.3, -0.25) is 9.69 Å². The fourth-order valence-electron chi connectivity index (χ4n) is 2.38. The molecule has 1 heterocycles. The van der Waals surface area contributed by atoms with E-state index in [1.807, 2.05) is 13.8 Å². The molecule has 1 atom stereocenters. The Bertz CT molecular complexity index is 225. The minimum Gasteiger partial charge on any atom is -0.355 e. The van der Waals surface area contributed by atoms with Gasteiger partial charge in [-0.05, 0) is 58.8 Å². The SMILES string of the molecule is CCNCC1CCN(C(C)C(=O)NCC)CC1. The van der Waals surface area contributed by atoms with Crippen LogP contribution in [0.1, 0.15) is 33.6 Å². The molecule has 1 unspecified atom stereocenters. The van der Waals surface area contributed by atoms with Gasteiger partial charge in [0, 0.05) is 6.54 Å². The fourth-order valence-corrected chi connectivity index (χ4v) is 2.38. The highest BCUT2D eigenvalue weighted by Gasteiger charge is 2.25. The van der Waals surface area contributed by atoms with Gasteiger partial charge in [0.25, 0.3) is 0 Å². The number of likely N-dealkylation sites (N-methyl/N-ethyl adjacent to an activating group) is 1. The molecule has 0 spiro atoms. The normalized spacial score (nSPS) is 20.2. The van der Waals surface area contributed by atoms with Gasteiger partial charge in [-0.1, -0.05) is 6.92 Å². The van der Waals surface area contributed by atoms with Crippen LogP contribution < -0.4 is 10.6 Å². The van der Waals surface area contributed by atoms with E-state index in [-0.39, 0.29) is 11.9 Å². The number of hydrogen-bond acceptors (Lipinski definition) is 3. The van der Waals surface area contributed by atoms with Crippen LogP contribution in [0, 0.1) is 5.92 Å². The first-order valence-electron chi connectivity index (χ1n) is 6.91. The number of carbonyl (C=O) groups is 1. The largest absolute Gasteiger partial charge is 0.355 e. The quantitative estimate of drug-likeness (QED) is 0.724. The van der Waals surface area contributed by atoms with Gasteiger partial charge < -0.3 is 10.6 Å². The van der Waals surface area contributed by atoms with Crippen molar-refractivity contribution < 1.29 is 4.79 Å². The summed E-state index contributed by atoms with van der Waals surface area (Å²) in [4.78, 5) is 14.0. The summed E-state index contributed by atoms with van der Waals surface area (Å²) in [7, 11) is 0. The number of nitrogens with one attached hydrogen (secondary N) is 2. The van der Waals surface area contributed by atoms with Crippen molar-refractivity contribution in [2.45, 2.75) is 39.7 Å². The van der Waals surface area contributed by atoms with Crippen LogP contribution in [-0.4, -0.2) is 49.6 Å². The van der Waals surface area contributed by atoms with Crippen LogP contribution in [0.2, 0.25) is 0 Å². The molecular weight excluding hydrogens is 214 g/mol. The molecule has 1 saturated heterocycles. The van der Waals surface area contributed by atoms with E-state index < -0.39 is 0 Å². The van der Waals surface area contributed by atoms with E-state index in [1.165, 1.54) is 12.8 Å². The van der Waals surface area contributed by atoms with E-state index in [0.29, 0.717) is 0 Å². The third-order valence-corrected chi connectivity index (χ3v) is 3.61. The van der Waals surface area contributed by atoms with E-state index in [0.717, 1.165) is 38.6 Å². The highest BCUT2D eigenvalue weighted by molar-refractivity contribution is 5.81. The zero-order chi connectivity index (χ0) is 12.7. The van der Waals surface area contributed by atoms with Crippen molar-refractivity contribution in [1.29, 1.82) is 0 Å². The fraction of sp³-hybridized carbons (Fsp3) is 0.923. The van der Waals surface area contributed by atoms with Gasteiger partial charge in [-0.25, -0.2) is 0 Å². The zero-order valence-corrected chi connectivity index (χ0v) is 11.5. The van der Waals surface area contributed by atoms with E-state index >= 15 is 0 Å². The lowest BCUT2D eigenvalue weighted by molar-refractivity contribution is -0.126. The average Bonchev–Trinajstić information content (AvgIpc) is 2.36. The lowest BCUT2D eigenvalue weighted by Gasteiger charge is -2.35. The molecule has 1 aliphatic heterocycles. The van der Waals surface area contributed by atoms with E-state index in [2.05, 4.69) is 22.5 Å². The monoisotopic (exact) mass is 241 g/mol. The van der Waals surface area contributed by atoms with Gasteiger partial charge in [-0.15, -0.1) is 0 Å². The molecule has 1 fully saturated rings. The highest BCUT2D eigenvalue weighted by atomic mass is 16.2. The summed E-state index contributed by atoms with van der Waals surface area (Å²) in [6.07, 6.45) is 2.41. The van der Waals surface area contributed by atoms with Crippen molar-refractivity contribution in [2.24, 2.45) is 5.92 Å². The third-order valence-electron chi connectivity index (χ3n) is 3.61. The molecule has 0 aromatic heterocycles. The molecule has 1 aliphatic rings. The Morgan fingerprint density at radius 1 is 1.29 bits per heavy atom. The predicted octanol–water partition coefficient (Wildman–Crippen LogP) is 0.833. The first-order valence-corrected chi connectivity index (χ1v) is 6.91. The Balaban J connectivity index is 2.28. The average molecular weight is 241 g/mol. The summed E-state index contributed by atoms with van der Waals surface area (Å²) in [5, 5.41) is 6.30. The Morgan fingerprint density at radius 3 is 2.47 bits per heavy atom. The van der Waals surface area contributed by atoms with Gasteiger partial charge in [0.05, 0.1) is 6.04 Å². The summed E-state index contributed by atoms with van der Waals surface area (Å²) in [5.74, 6) is 0.949. The molecule has 0 saturated carbocycles. The van der Waals surface area contributed by atoms with Gasteiger partial charge in [-0.2, -0.15) is 0 Å². The number of hydrogen-bond donors (Lipinski definition) is 2. The Labute approximate surface area is 105 Å². The lowest BCUT2D eigenvalue weighted by atomic mass is 9.95. The number of nitrogens with zero attached hydrogens (tertiary/aromatic N) is 1. The van der Waals surface area contributed by atoms with Gasteiger partial charge in [0.15, 0.2) is 0 Å². The first kappa shape index (κ1) is 14.5. The molecule has 1 amide bonds. The molecule has 4 nitrogen and oxygen atoms in total. The summed E-state index contributed by atoms with van der Waals surface area (Å²) in [5.41, 5.74) is 0. The maximum Gasteiger partial charge on any atom is 0.237 e. The standard InChI is InChI=1S/C13H27N3O/c1-4-14-10-12-6-8-16(9-7-12)11(3)13(17)15-5-2/h11-12,14H,4-10H2,1-3H3,(H,15,17). The van der Waals surface area contributed by atoms with Crippen LogP contribution >= 0.6 is 0 Å². The van der Waals surface area contributed by atoms with Crippen LogP contribution in [0.3, 0.4) is 0 Å². The summed E-state index contributed by atoms with van der Waals surface area (Å²) >= 11 is 0. The minimum absolute atomic E-state index is 0.0232. The number of carbonyl (C=O) groups excluding carboxylic acids is 1. The predicted molar refractivity (Wildman–Crippen MR) is 71.0 cm³/mol. The highest BCUT2D eigenvalue weighted by Crippen LogP contribution is 2.18. The molecule has 1 rings (SSSR count). The van der Waals surface area contributed by atoms with Crippen LogP contribution in [0.15, 0.2) is 0 Å². The molecule has 0 radical (unpaired) electrons. The number of amides is 1. The lowest BCUT2D eigenvalue weighted by Crippen LogP contribution is -2.49. The maximum absolute atomic E-state index is 11.7. The van der Waals surface area contributed by atoms with Crippen molar-refractivity contribution in [1.82, 2.24) is 15.5 Å². The molecule has 2 N–H and O–H groups in total. The van der Waals surface area contributed by atoms with Crippen molar-refractivity contribution in [3.63, 3.8) is 0 Å². The summed E-state index contributed by atoms with van der Waals surface area (Å²) in [6.45, 7) is 11.1. The van der Waals surface area contributed by atoms with Crippen LogP contribution in [0.25, 0.3) is 0 Å². The first-order chi connectivity index (χ1) is 8.19. The smallest absolute Gasteiger partial charge is 0.237 e. The van der Waals surface area contributed by atoms with Crippen molar-refractivity contribution in [3.8, 4) is 0 Å². The van der Waals surface area contributed by atoms with Crippen molar-refractivity contribution in [3.05, 3.63) is 0 Å². The van der Waals surface area contributed by atoms with Gasteiger partial charge in [0.2, 0.25) is 5.91 Å². The van der Waals surface area contributed by atoms with Gasteiger partial charge in [0.1, 0.15) is 0 Å². The Kier molecular flexibility index (Phi) is 6.52. The van der Waals surface area contributed by atoms with Crippen molar-refractivity contribution >= 4 is 5.91 Å². The van der Waals surface area contributed by atoms with Crippen LogP contribution in [-0.2, 0) is 4.79 Å². The van der Waals surface area contributed by atoms with Crippen LogP contribution in [0.4, 0.5) is 0 Å². The molecule has 0 aliphatic carbocycles. The minimum atomic E-state index is 0.0232. The molecule has 0 bridgehead atoms. The molecular formula is C13H27N3O. The second-order valence-corrected chi connectivity index (χ2v) is 4.86. The number of likely N-dealkylation sites (tertiary alicyclic amines) is 1. The molecule has 4 heteroatoms. The Morgan fingerprint density at radius 2 is 1.94 bits per heavy atom. The third kappa shape index (κ3) is 4.64. The molecule has 17 heavy (non-hydrogen) atoms. The maximum atomic E-state index is 11.7. The molecule has 100 valence electrons. The second-order valence-electron chi connectivity index (χ2n) is 4.86. The second kappa shape index (κ2) is 7.67. The van der Waals surface area contributed by atoms with Crippen LogP contribution in [0.5, 0.6) is 0 Å². The number of rotatable bonds is 6. The van der Waals surface area contributed by atoms with E-state index in [4.69, 9.17) is 0 Å². The van der Waals surface area contributed by atoms with E-state index in [1.54, 1.807) is 0 Å².